The average Bonchev–Trinajstić information content (AvgIpc) is 3.49. The molecule has 2 aromatic heterocycles. The van der Waals surface area contributed by atoms with Crippen molar-refractivity contribution in [1.29, 1.82) is 0 Å². The normalized spacial score (nSPS) is 16.5. The molecule has 1 aliphatic rings. The van der Waals surface area contributed by atoms with E-state index in [-0.39, 0.29) is 18.6 Å². The van der Waals surface area contributed by atoms with E-state index in [0.29, 0.717) is 11.7 Å². The summed E-state index contributed by atoms with van der Waals surface area (Å²) in [5.41, 5.74) is 4.88. The second-order valence-electron chi connectivity index (χ2n) is 7.75. The fraction of sp³-hybridized carbons (Fsp3) is 0.364. The van der Waals surface area contributed by atoms with Crippen LogP contribution in [0.15, 0.2) is 36.4 Å². The minimum atomic E-state index is -0.0597. The highest BCUT2D eigenvalue weighted by atomic mass is 32.1. The summed E-state index contributed by atoms with van der Waals surface area (Å²) < 4.78 is 8.61. The maximum absolute atomic E-state index is 13.4. The predicted molar refractivity (Wildman–Crippen MR) is 118 cm³/mol. The molecule has 1 fully saturated rings. The smallest absolute Gasteiger partial charge is 0.250 e. The largest absolute Gasteiger partial charge is 0.376 e. The molecular formula is C22H23N5O2S. The van der Waals surface area contributed by atoms with E-state index in [1.807, 2.05) is 24.3 Å². The zero-order chi connectivity index (χ0) is 20.7. The van der Waals surface area contributed by atoms with Gasteiger partial charge in [-0.1, -0.05) is 40.8 Å². The van der Waals surface area contributed by atoms with Crippen LogP contribution in [0.3, 0.4) is 0 Å². The Labute approximate surface area is 178 Å². The number of ether oxygens (including phenoxy) is 1. The van der Waals surface area contributed by atoms with Gasteiger partial charge in [0.05, 0.1) is 28.4 Å². The highest BCUT2D eigenvalue weighted by molar-refractivity contribution is 7.22. The van der Waals surface area contributed by atoms with E-state index in [9.17, 15) is 4.79 Å². The molecule has 8 heteroatoms. The van der Waals surface area contributed by atoms with Gasteiger partial charge in [-0.2, -0.15) is 0 Å². The predicted octanol–water partition coefficient (Wildman–Crippen LogP) is 3.87. The van der Waals surface area contributed by atoms with Gasteiger partial charge in [0.1, 0.15) is 12.1 Å². The maximum Gasteiger partial charge on any atom is 0.250 e. The first-order valence-corrected chi connectivity index (χ1v) is 11.0. The van der Waals surface area contributed by atoms with Crippen LogP contribution in [0.5, 0.6) is 0 Å². The van der Waals surface area contributed by atoms with Crippen LogP contribution in [-0.4, -0.2) is 45.1 Å². The Morgan fingerprint density at radius 3 is 2.87 bits per heavy atom. The summed E-state index contributed by atoms with van der Waals surface area (Å²) >= 11 is 1.57. The number of nitrogens with zero attached hydrogens (tertiary/aromatic N) is 5. The fourth-order valence-electron chi connectivity index (χ4n) is 3.89. The number of thiazole rings is 1. The Bertz CT molecular complexity index is 1190. The van der Waals surface area contributed by atoms with E-state index >= 15 is 0 Å². The van der Waals surface area contributed by atoms with Crippen LogP contribution in [0.2, 0.25) is 0 Å². The molecule has 0 aliphatic carbocycles. The van der Waals surface area contributed by atoms with Crippen molar-refractivity contribution < 1.29 is 9.53 Å². The molecule has 0 radical (unpaired) electrons. The Morgan fingerprint density at radius 2 is 2.07 bits per heavy atom. The number of carbonyl (C=O) groups is 1. The lowest BCUT2D eigenvalue weighted by Crippen LogP contribution is -2.39. The summed E-state index contributed by atoms with van der Waals surface area (Å²) in [6.45, 7) is 5.50. The number of hydrogen-bond acceptors (Lipinski definition) is 6. The molecule has 1 unspecified atom stereocenters. The van der Waals surface area contributed by atoms with Crippen molar-refractivity contribution in [2.75, 3.05) is 18.1 Å². The van der Waals surface area contributed by atoms with E-state index in [1.54, 1.807) is 20.9 Å². The van der Waals surface area contributed by atoms with Gasteiger partial charge in [-0.05, 0) is 49.9 Å². The summed E-state index contributed by atoms with van der Waals surface area (Å²) in [6.07, 6.45) is 2.02. The van der Waals surface area contributed by atoms with Gasteiger partial charge in [0.15, 0.2) is 5.13 Å². The van der Waals surface area contributed by atoms with Crippen LogP contribution < -0.4 is 4.90 Å². The lowest BCUT2D eigenvalue weighted by atomic mass is 10.1. The van der Waals surface area contributed by atoms with Crippen molar-refractivity contribution in [2.24, 2.45) is 0 Å². The van der Waals surface area contributed by atoms with E-state index in [1.165, 1.54) is 5.56 Å². The molecule has 154 valence electrons. The molecular weight excluding hydrogens is 398 g/mol. The molecule has 1 atom stereocenters. The zero-order valence-electron chi connectivity index (χ0n) is 17.0. The monoisotopic (exact) mass is 421 g/mol. The van der Waals surface area contributed by atoms with Gasteiger partial charge in [0.25, 0.3) is 5.91 Å². The van der Waals surface area contributed by atoms with Crippen LogP contribution in [0, 0.1) is 13.8 Å². The van der Waals surface area contributed by atoms with Crippen molar-refractivity contribution >= 4 is 43.6 Å². The number of carbonyl (C=O) groups excluding carboxylic acids is 1. The van der Waals surface area contributed by atoms with E-state index < -0.39 is 0 Å². The molecule has 2 aromatic carbocycles. The maximum atomic E-state index is 13.4. The van der Waals surface area contributed by atoms with Gasteiger partial charge in [0, 0.05) is 6.61 Å². The van der Waals surface area contributed by atoms with Crippen LogP contribution in [0.4, 0.5) is 5.13 Å². The molecule has 0 bridgehead atoms. The van der Waals surface area contributed by atoms with E-state index in [0.717, 1.165) is 46.3 Å². The van der Waals surface area contributed by atoms with Gasteiger partial charge < -0.3 is 4.74 Å². The van der Waals surface area contributed by atoms with Crippen molar-refractivity contribution in [1.82, 2.24) is 20.0 Å². The van der Waals surface area contributed by atoms with Gasteiger partial charge in [-0.25, -0.2) is 9.67 Å². The standard InChI is InChI=1S/C22H23N5O2S/c1-14-9-10-15(2)21-20(14)23-22(30-21)26(12-16-6-5-11-29-16)19(28)13-27-18-8-4-3-7-17(18)24-25-27/h3-4,7-10,16H,5-6,11-13H2,1-2H3. The van der Waals surface area contributed by atoms with Crippen LogP contribution in [0.25, 0.3) is 21.3 Å². The van der Waals surface area contributed by atoms with Crippen LogP contribution in [-0.2, 0) is 16.1 Å². The number of aryl methyl sites for hydroxylation is 2. The molecule has 1 saturated heterocycles. The Balaban J connectivity index is 1.50. The fourth-order valence-corrected chi connectivity index (χ4v) is 5.03. The minimum absolute atomic E-state index is 0.0376. The lowest BCUT2D eigenvalue weighted by molar-refractivity contribution is -0.119. The van der Waals surface area contributed by atoms with Crippen LogP contribution in [0.1, 0.15) is 24.0 Å². The third-order valence-electron chi connectivity index (χ3n) is 5.58. The molecule has 1 amide bonds. The van der Waals surface area contributed by atoms with Gasteiger partial charge in [-0.15, -0.1) is 5.10 Å². The molecule has 5 rings (SSSR count). The van der Waals surface area contributed by atoms with Crippen molar-refractivity contribution in [2.45, 2.75) is 39.3 Å². The molecule has 0 saturated carbocycles. The Hall–Kier alpha value is -2.84. The summed E-state index contributed by atoms with van der Waals surface area (Å²) in [5, 5.41) is 9.07. The van der Waals surface area contributed by atoms with Gasteiger partial charge >= 0.3 is 0 Å². The molecule has 4 aromatic rings. The molecule has 0 N–H and O–H groups in total. The molecule has 7 nitrogen and oxygen atoms in total. The number of aromatic nitrogens is 4. The third kappa shape index (κ3) is 3.46. The first-order valence-electron chi connectivity index (χ1n) is 10.2. The second kappa shape index (κ2) is 7.77. The van der Waals surface area contributed by atoms with Crippen molar-refractivity contribution in [3.05, 3.63) is 47.5 Å². The molecule has 30 heavy (non-hydrogen) atoms. The zero-order valence-corrected chi connectivity index (χ0v) is 17.9. The second-order valence-corrected chi connectivity index (χ2v) is 8.73. The molecule has 3 heterocycles. The quantitative estimate of drug-likeness (QED) is 0.489. The number of hydrogen-bond donors (Lipinski definition) is 0. The summed E-state index contributed by atoms with van der Waals surface area (Å²) in [5.74, 6) is -0.0597. The summed E-state index contributed by atoms with van der Waals surface area (Å²) in [6, 6.07) is 11.8. The first kappa shape index (κ1) is 19.1. The van der Waals surface area contributed by atoms with E-state index in [2.05, 4.69) is 36.3 Å². The molecule has 0 spiro atoms. The van der Waals surface area contributed by atoms with Gasteiger partial charge in [0.2, 0.25) is 0 Å². The Kier molecular flexibility index (Phi) is 4.96. The van der Waals surface area contributed by atoms with Gasteiger partial charge in [-0.3, -0.25) is 9.69 Å². The summed E-state index contributed by atoms with van der Waals surface area (Å²) in [4.78, 5) is 20.1. The third-order valence-corrected chi connectivity index (χ3v) is 6.79. The number of fused-ring (bicyclic) bond motifs is 2. The van der Waals surface area contributed by atoms with Crippen LogP contribution >= 0.6 is 11.3 Å². The van der Waals surface area contributed by atoms with E-state index in [4.69, 9.17) is 9.72 Å². The lowest BCUT2D eigenvalue weighted by Gasteiger charge is -2.23. The topological polar surface area (TPSA) is 73.1 Å². The number of para-hydroxylation sites is 1. The number of anilines is 1. The minimum Gasteiger partial charge on any atom is -0.376 e. The SMILES string of the molecule is Cc1ccc(C)c2sc(N(CC3CCCO3)C(=O)Cn3nnc4ccccc43)nc12. The highest BCUT2D eigenvalue weighted by Gasteiger charge is 2.27. The number of benzene rings is 2. The highest BCUT2D eigenvalue weighted by Crippen LogP contribution is 2.34. The Morgan fingerprint density at radius 1 is 1.23 bits per heavy atom. The summed E-state index contributed by atoms with van der Waals surface area (Å²) in [7, 11) is 0. The number of rotatable bonds is 5. The average molecular weight is 422 g/mol. The number of amides is 1. The van der Waals surface area contributed by atoms with Crippen molar-refractivity contribution in [3.8, 4) is 0 Å². The first-order chi connectivity index (χ1) is 14.6. The van der Waals surface area contributed by atoms with Crippen molar-refractivity contribution in [3.63, 3.8) is 0 Å². The molecule has 1 aliphatic heterocycles.